The van der Waals surface area contributed by atoms with Gasteiger partial charge in [0.2, 0.25) is 0 Å². The van der Waals surface area contributed by atoms with E-state index in [0.717, 1.165) is 41.1 Å². The average Bonchev–Trinajstić information content (AvgIpc) is 3.22. The van der Waals surface area contributed by atoms with Crippen LogP contribution in [0.25, 0.3) is 10.2 Å². The predicted molar refractivity (Wildman–Crippen MR) is 105 cm³/mol. The molecule has 1 aromatic carbocycles. The van der Waals surface area contributed by atoms with Crippen LogP contribution in [0.1, 0.15) is 28.2 Å². The molecular weight excluding hydrogens is 362 g/mol. The lowest BCUT2D eigenvalue weighted by Crippen LogP contribution is -2.30. The first-order valence-corrected chi connectivity index (χ1v) is 9.99. The van der Waals surface area contributed by atoms with E-state index in [1.165, 1.54) is 0 Å². The number of aryl methyl sites for hydroxylation is 1. The lowest BCUT2D eigenvalue weighted by atomic mass is 10.1. The Bertz CT molecular complexity index is 951. The number of amides is 1. The summed E-state index contributed by atoms with van der Waals surface area (Å²) in [5.41, 5.74) is 5.48. The second-order valence-corrected chi connectivity index (χ2v) is 7.81. The third-order valence-corrected chi connectivity index (χ3v) is 5.64. The molecule has 0 unspecified atom stereocenters. The lowest BCUT2D eigenvalue weighted by molar-refractivity contribution is 0.0746. The van der Waals surface area contributed by atoms with Crippen molar-refractivity contribution < 1.29 is 9.90 Å². The first-order chi connectivity index (χ1) is 13.1. The number of aliphatic hydroxyl groups is 1. The normalized spacial score (nSPS) is 14.6. The van der Waals surface area contributed by atoms with E-state index in [-0.39, 0.29) is 12.5 Å². The summed E-state index contributed by atoms with van der Waals surface area (Å²) in [5, 5.41) is 13.7. The third kappa shape index (κ3) is 3.87. The van der Waals surface area contributed by atoms with Gasteiger partial charge in [-0.3, -0.25) is 14.4 Å². The summed E-state index contributed by atoms with van der Waals surface area (Å²) in [7, 11) is 1.96. The summed E-state index contributed by atoms with van der Waals surface area (Å²) >= 11 is 1.55. The number of nitrogens with zero attached hydrogens (tertiary/aromatic N) is 5. The fourth-order valence-electron chi connectivity index (χ4n) is 3.47. The van der Waals surface area contributed by atoms with Crippen molar-refractivity contribution in [3.05, 3.63) is 46.7 Å². The van der Waals surface area contributed by atoms with Gasteiger partial charge in [-0.2, -0.15) is 5.10 Å². The van der Waals surface area contributed by atoms with Crippen LogP contribution in [-0.2, 0) is 19.6 Å². The Hall–Kier alpha value is -2.29. The van der Waals surface area contributed by atoms with E-state index >= 15 is 0 Å². The van der Waals surface area contributed by atoms with E-state index in [0.29, 0.717) is 25.2 Å². The highest BCUT2D eigenvalue weighted by Gasteiger charge is 2.22. The first-order valence-electron chi connectivity index (χ1n) is 9.11. The maximum absolute atomic E-state index is 13.0. The van der Waals surface area contributed by atoms with Gasteiger partial charge < -0.3 is 10.0 Å². The van der Waals surface area contributed by atoms with Crippen molar-refractivity contribution in [1.82, 2.24) is 24.6 Å². The highest BCUT2D eigenvalue weighted by molar-refractivity contribution is 7.16. The van der Waals surface area contributed by atoms with Crippen LogP contribution in [0.15, 0.2) is 29.8 Å². The van der Waals surface area contributed by atoms with Crippen molar-refractivity contribution >= 4 is 27.5 Å². The molecule has 3 heterocycles. The van der Waals surface area contributed by atoms with E-state index in [9.17, 15) is 4.79 Å². The van der Waals surface area contributed by atoms with Gasteiger partial charge in [-0.1, -0.05) is 0 Å². The van der Waals surface area contributed by atoms with Crippen molar-refractivity contribution in [3.8, 4) is 0 Å². The molecule has 1 amide bonds. The number of aliphatic hydroxyl groups excluding tert-OH is 1. The number of fused-ring (bicyclic) bond motifs is 2. The topological polar surface area (TPSA) is 74.5 Å². The summed E-state index contributed by atoms with van der Waals surface area (Å²) in [5.74, 6) is 0.0545. The van der Waals surface area contributed by atoms with Crippen molar-refractivity contribution in [2.75, 3.05) is 26.7 Å². The fraction of sp³-hybridized carbons (Fsp3) is 0.421. The average molecular weight is 385 g/mol. The molecule has 0 saturated carbocycles. The quantitative estimate of drug-likeness (QED) is 0.727. The van der Waals surface area contributed by atoms with Gasteiger partial charge in [0.1, 0.15) is 0 Å². The van der Waals surface area contributed by atoms with Gasteiger partial charge in [0.15, 0.2) is 0 Å². The van der Waals surface area contributed by atoms with Crippen LogP contribution in [0, 0.1) is 0 Å². The minimum Gasteiger partial charge on any atom is -0.395 e. The molecule has 7 nitrogen and oxygen atoms in total. The van der Waals surface area contributed by atoms with Gasteiger partial charge >= 0.3 is 0 Å². The molecule has 4 rings (SSSR count). The van der Waals surface area contributed by atoms with Gasteiger partial charge in [-0.05, 0) is 37.7 Å². The number of carbonyl (C=O) groups is 1. The molecule has 0 saturated heterocycles. The zero-order valence-corrected chi connectivity index (χ0v) is 16.2. The van der Waals surface area contributed by atoms with Crippen LogP contribution >= 0.6 is 11.3 Å². The molecule has 0 radical (unpaired) electrons. The summed E-state index contributed by atoms with van der Waals surface area (Å²) in [4.78, 5) is 21.3. The Morgan fingerprint density at radius 1 is 1.33 bits per heavy atom. The summed E-state index contributed by atoms with van der Waals surface area (Å²) in [6, 6.07) is 7.79. The van der Waals surface area contributed by atoms with Crippen LogP contribution in [0.3, 0.4) is 0 Å². The van der Waals surface area contributed by atoms with Crippen molar-refractivity contribution in [1.29, 1.82) is 0 Å². The van der Waals surface area contributed by atoms with Crippen LogP contribution in [0.2, 0.25) is 0 Å². The van der Waals surface area contributed by atoms with Crippen LogP contribution in [0.4, 0.5) is 0 Å². The Labute approximate surface area is 161 Å². The van der Waals surface area contributed by atoms with Crippen LogP contribution in [-0.4, -0.2) is 62.3 Å². The van der Waals surface area contributed by atoms with Gasteiger partial charge in [0.25, 0.3) is 5.91 Å². The minimum absolute atomic E-state index is 0.0545. The SMILES string of the molecule is CN(CCO)Cc1cc2n(n1)CCCN(C(=O)c1ccc3ncsc3c1)C2. The van der Waals surface area contributed by atoms with Crippen LogP contribution in [0.5, 0.6) is 0 Å². The number of carbonyl (C=O) groups excluding carboxylic acids is 1. The molecule has 0 fully saturated rings. The summed E-state index contributed by atoms with van der Waals surface area (Å²) < 4.78 is 3.05. The fourth-order valence-corrected chi connectivity index (χ4v) is 4.19. The van der Waals surface area contributed by atoms with Crippen LogP contribution < -0.4 is 0 Å². The molecule has 0 spiro atoms. The molecule has 2 aromatic heterocycles. The molecule has 1 N–H and O–H groups in total. The van der Waals surface area contributed by atoms with Crippen molar-refractivity contribution in [3.63, 3.8) is 0 Å². The molecule has 0 bridgehead atoms. The molecule has 0 aliphatic carbocycles. The second-order valence-electron chi connectivity index (χ2n) is 6.93. The van der Waals surface area contributed by atoms with Crippen molar-refractivity contribution in [2.45, 2.75) is 26.1 Å². The van der Waals surface area contributed by atoms with Gasteiger partial charge in [-0.15, -0.1) is 11.3 Å². The zero-order valence-electron chi connectivity index (χ0n) is 15.3. The summed E-state index contributed by atoms with van der Waals surface area (Å²) in [6.07, 6.45) is 0.884. The number of thiazole rings is 1. The van der Waals surface area contributed by atoms with E-state index in [2.05, 4.69) is 16.1 Å². The molecule has 1 aliphatic heterocycles. The molecule has 8 heteroatoms. The number of likely N-dealkylation sites (N-methyl/N-ethyl adjacent to an activating group) is 1. The standard InChI is InChI=1S/C19H23N5O2S/c1-22(7-8-25)11-15-10-16-12-23(5-2-6-24(16)21-15)19(26)14-3-4-17-18(9-14)27-13-20-17/h3-4,9-10,13,25H,2,5-8,11-12H2,1H3. The third-order valence-electron chi connectivity index (χ3n) is 4.84. The highest BCUT2D eigenvalue weighted by atomic mass is 32.1. The monoisotopic (exact) mass is 385 g/mol. The van der Waals surface area contributed by atoms with Gasteiger partial charge in [-0.25, -0.2) is 4.98 Å². The van der Waals surface area contributed by atoms with E-state index in [1.807, 2.05) is 39.7 Å². The van der Waals surface area contributed by atoms with E-state index in [4.69, 9.17) is 5.11 Å². The zero-order chi connectivity index (χ0) is 18.8. The Morgan fingerprint density at radius 2 is 2.22 bits per heavy atom. The molecule has 27 heavy (non-hydrogen) atoms. The van der Waals surface area contributed by atoms with E-state index < -0.39 is 0 Å². The number of hydrogen-bond donors (Lipinski definition) is 1. The predicted octanol–water partition coefficient (Wildman–Crippen LogP) is 1.96. The number of hydrogen-bond acceptors (Lipinski definition) is 6. The van der Waals surface area contributed by atoms with Crippen molar-refractivity contribution in [2.24, 2.45) is 0 Å². The lowest BCUT2D eigenvalue weighted by Gasteiger charge is -2.20. The van der Waals surface area contributed by atoms with E-state index in [1.54, 1.807) is 16.8 Å². The maximum atomic E-state index is 13.0. The Kier molecular flexibility index (Phi) is 5.20. The molecule has 3 aromatic rings. The molecular formula is C19H23N5O2S. The number of aromatic nitrogens is 3. The Balaban J connectivity index is 1.52. The smallest absolute Gasteiger partial charge is 0.254 e. The molecule has 0 atom stereocenters. The first kappa shape index (κ1) is 18.1. The second kappa shape index (κ2) is 7.75. The van der Waals surface area contributed by atoms with Gasteiger partial charge in [0.05, 0.1) is 40.3 Å². The number of benzene rings is 1. The highest BCUT2D eigenvalue weighted by Crippen LogP contribution is 2.22. The Morgan fingerprint density at radius 3 is 3.07 bits per heavy atom. The number of rotatable bonds is 5. The minimum atomic E-state index is 0.0545. The summed E-state index contributed by atoms with van der Waals surface area (Å²) in [6.45, 7) is 3.55. The molecule has 142 valence electrons. The largest absolute Gasteiger partial charge is 0.395 e. The molecule has 1 aliphatic rings. The van der Waals surface area contributed by atoms with Gasteiger partial charge in [0, 0.05) is 31.7 Å². The maximum Gasteiger partial charge on any atom is 0.254 e.